The van der Waals surface area contributed by atoms with Crippen LogP contribution in [0.15, 0.2) is 12.1 Å². The van der Waals surface area contributed by atoms with E-state index < -0.39 is 11.6 Å². The van der Waals surface area contributed by atoms with Crippen molar-refractivity contribution in [3.05, 3.63) is 29.6 Å². The molecule has 0 aliphatic heterocycles. The molecule has 0 radical (unpaired) electrons. The van der Waals surface area contributed by atoms with Crippen molar-refractivity contribution in [2.45, 2.75) is 12.8 Å². The Morgan fingerprint density at radius 2 is 2.06 bits per heavy atom. The van der Waals surface area contributed by atoms with Crippen molar-refractivity contribution in [1.82, 2.24) is 15.3 Å². The first-order chi connectivity index (χ1) is 7.70. The van der Waals surface area contributed by atoms with Crippen LogP contribution in [0, 0.1) is 11.6 Å². The molecule has 2 rings (SSSR count). The van der Waals surface area contributed by atoms with E-state index in [9.17, 15) is 8.78 Å². The molecule has 3 nitrogen and oxygen atoms in total. The summed E-state index contributed by atoms with van der Waals surface area (Å²) in [5.41, 5.74) is 1.01. The Hall–Kier alpha value is -1.49. The van der Waals surface area contributed by atoms with E-state index in [0.29, 0.717) is 11.0 Å². The summed E-state index contributed by atoms with van der Waals surface area (Å²) >= 11 is 0. The van der Waals surface area contributed by atoms with Crippen LogP contribution < -0.4 is 5.32 Å². The average molecular weight is 225 g/mol. The lowest BCUT2D eigenvalue weighted by Crippen LogP contribution is -2.08. The Morgan fingerprint density at radius 3 is 2.81 bits per heavy atom. The summed E-state index contributed by atoms with van der Waals surface area (Å²) in [6.07, 6.45) is 1.69. The molecule has 0 saturated carbocycles. The third kappa shape index (κ3) is 2.19. The quantitative estimate of drug-likeness (QED) is 0.781. The molecule has 2 N–H and O–H groups in total. The number of aromatic amines is 1. The molecule has 0 atom stereocenters. The topological polar surface area (TPSA) is 40.7 Å². The van der Waals surface area contributed by atoms with Gasteiger partial charge in [0.05, 0.1) is 11.0 Å². The number of fused-ring (bicyclic) bond motifs is 1. The van der Waals surface area contributed by atoms with Crippen molar-refractivity contribution in [3.63, 3.8) is 0 Å². The van der Waals surface area contributed by atoms with Crippen LogP contribution in [0.25, 0.3) is 11.0 Å². The zero-order valence-electron chi connectivity index (χ0n) is 8.98. The van der Waals surface area contributed by atoms with E-state index in [1.165, 1.54) is 0 Å². The maximum atomic E-state index is 12.9. The molecule has 0 amide bonds. The maximum Gasteiger partial charge on any atom is 0.161 e. The minimum atomic E-state index is -0.860. The lowest BCUT2D eigenvalue weighted by molar-refractivity contribution is 0.510. The molecule has 1 aromatic carbocycles. The van der Waals surface area contributed by atoms with Gasteiger partial charge in [-0.1, -0.05) is 0 Å². The van der Waals surface area contributed by atoms with Crippen molar-refractivity contribution in [1.29, 1.82) is 0 Å². The predicted molar refractivity (Wildman–Crippen MR) is 58.3 cm³/mol. The van der Waals surface area contributed by atoms with Crippen LogP contribution in [0.5, 0.6) is 0 Å². The average Bonchev–Trinajstić information content (AvgIpc) is 2.61. The predicted octanol–water partition coefficient (Wildman–Crippen LogP) is 1.99. The molecule has 1 aromatic heterocycles. The highest BCUT2D eigenvalue weighted by molar-refractivity contribution is 5.75. The first-order valence-corrected chi connectivity index (χ1v) is 5.19. The largest absolute Gasteiger partial charge is 0.342 e. The van der Waals surface area contributed by atoms with E-state index in [-0.39, 0.29) is 0 Å². The molecule has 2 aromatic rings. The van der Waals surface area contributed by atoms with Gasteiger partial charge < -0.3 is 10.3 Å². The summed E-state index contributed by atoms with van der Waals surface area (Å²) in [5, 5.41) is 3.03. The molecule has 0 aliphatic carbocycles. The number of halogens is 2. The van der Waals surface area contributed by atoms with Crippen LogP contribution in [-0.4, -0.2) is 23.6 Å². The molecule has 0 unspecified atom stereocenters. The smallest absolute Gasteiger partial charge is 0.161 e. The Labute approximate surface area is 91.9 Å². The van der Waals surface area contributed by atoms with Gasteiger partial charge in [0.15, 0.2) is 11.6 Å². The standard InChI is InChI=1S/C11H13F2N3/c1-14-4-2-3-11-15-9-5-7(12)8(13)6-10(9)16-11/h5-6,14H,2-4H2,1H3,(H,15,16). The molecule has 16 heavy (non-hydrogen) atoms. The number of hydrogen-bond acceptors (Lipinski definition) is 2. The van der Waals surface area contributed by atoms with Crippen LogP contribution in [0.1, 0.15) is 12.2 Å². The molecular weight excluding hydrogens is 212 g/mol. The fourth-order valence-corrected chi connectivity index (χ4v) is 1.61. The summed E-state index contributed by atoms with van der Waals surface area (Å²) in [7, 11) is 1.88. The van der Waals surface area contributed by atoms with Gasteiger partial charge in [-0.25, -0.2) is 13.8 Å². The van der Waals surface area contributed by atoms with Crippen LogP contribution in [0.3, 0.4) is 0 Å². The number of nitrogens with one attached hydrogen (secondary N) is 2. The van der Waals surface area contributed by atoms with E-state index in [0.717, 1.165) is 37.3 Å². The number of aryl methyl sites for hydroxylation is 1. The highest BCUT2D eigenvalue weighted by Crippen LogP contribution is 2.16. The fourth-order valence-electron chi connectivity index (χ4n) is 1.61. The number of hydrogen-bond donors (Lipinski definition) is 2. The van der Waals surface area contributed by atoms with Gasteiger partial charge in [-0.15, -0.1) is 0 Å². The molecule has 0 fully saturated rings. The molecule has 0 bridgehead atoms. The van der Waals surface area contributed by atoms with Crippen LogP contribution in [-0.2, 0) is 6.42 Å². The Balaban J connectivity index is 2.23. The van der Waals surface area contributed by atoms with Crippen molar-refractivity contribution in [3.8, 4) is 0 Å². The highest BCUT2D eigenvalue weighted by Gasteiger charge is 2.08. The fraction of sp³-hybridized carbons (Fsp3) is 0.364. The lowest BCUT2D eigenvalue weighted by atomic mass is 10.3. The van der Waals surface area contributed by atoms with E-state index in [4.69, 9.17) is 0 Å². The number of benzene rings is 1. The minimum Gasteiger partial charge on any atom is -0.342 e. The maximum absolute atomic E-state index is 12.9. The van der Waals surface area contributed by atoms with Gasteiger partial charge in [0.1, 0.15) is 5.82 Å². The second kappa shape index (κ2) is 4.57. The summed E-state index contributed by atoms with van der Waals surface area (Å²) in [6.45, 7) is 0.889. The molecule has 0 aliphatic rings. The summed E-state index contributed by atoms with van der Waals surface area (Å²) in [4.78, 5) is 7.17. The van der Waals surface area contributed by atoms with E-state index >= 15 is 0 Å². The molecular formula is C11H13F2N3. The monoisotopic (exact) mass is 225 g/mol. The van der Waals surface area contributed by atoms with Crippen LogP contribution >= 0.6 is 0 Å². The van der Waals surface area contributed by atoms with Crippen molar-refractivity contribution >= 4 is 11.0 Å². The summed E-state index contributed by atoms with van der Waals surface area (Å²) < 4.78 is 25.9. The minimum absolute atomic E-state index is 0.471. The molecule has 5 heteroatoms. The number of H-pyrrole nitrogens is 1. The van der Waals surface area contributed by atoms with Gasteiger partial charge in [-0.2, -0.15) is 0 Å². The van der Waals surface area contributed by atoms with Crippen molar-refractivity contribution in [2.75, 3.05) is 13.6 Å². The zero-order chi connectivity index (χ0) is 11.5. The molecule has 0 saturated heterocycles. The van der Waals surface area contributed by atoms with Crippen molar-refractivity contribution in [2.24, 2.45) is 0 Å². The van der Waals surface area contributed by atoms with Gasteiger partial charge in [0.25, 0.3) is 0 Å². The molecule has 0 spiro atoms. The third-order valence-electron chi connectivity index (χ3n) is 2.41. The molecule has 1 heterocycles. The van der Waals surface area contributed by atoms with E-state index in [1.807, 2.05) is 7.05 Å². The Kier molecular flexibility index (Phi) is 3.14. The highest BCUT2D eigenvalue weighted by atomic mass is 19.2. The van der Waals surface area contributed by atoms with Gasteiger partial charge in [0.2, 0.25) is 0 Å². The number of aromatic nitrogens is 2. The van der Waals surface area contributed by atoms with Crippen molar-refractivity contribution < 1.29 is 8.78 Å². The zero-order valence-corrected chi connectivity index (χ0v) is 8.98. The van der Waals surface area contributed by atoms with Gasteiger partial charge in [-0.05, 0) is 20.0 Å². The lowest BCUT2D eigenvalue weighted by Gasteiger charge is -1.95. The Bertz CT molecular complexity index is 454. The number of imidazole rings is 1. The Morgan fingerprint density at radius 1 is 1.31 bits per heavy atom. The van der Waals surface area contributed by atoms with E-state index in [1.54, 1.807) is 0 Å². The summed E-state index contributed by atoms with van der Waals surface area (Å²) in [5.74, 6) is -0.950. The second-order valence-electron chi connectivity index (χ2n) is 3.67. The SMILES string of the molecule is CNCCCc1nc2cc(F)c(F)cc2[nH]1. The van der Waals surface area contributed by atoms with E-state index in [2.05, 4.69) is 15.3 Å². The van der Waals surface area contributed by atoms with Gasteiger partial charge in [-0.3, -0.25) is 0 Å². The number of nitrogens with zero attached hydrogens (tertiary/aromatic N) is 1. The van der Waals surface area contributed by atoms with Crippen LogP contribution in [0.2, 0.25) is 0 Å². The van der Waals surface area contributed by atoms with Crippen LogP contribution in [0.4, 0.5) is 8.78 Å². The number of rotatable bonds is 4. The second-order valence-corrected chi connectivity index (χ2v) is 3.67. The van der Waals surface area contributed by atoms with Gasteiger partial charge >= 0.3 is 0 Å². The van der Waals surface area contributed by atoms with Gasteiger partial charge in [0, 0.05) is 18.6 Å². The normalized spacial score (nSPS) is 11.2. The molecule has 86 valence electrons. The first-order valence-electron chi connectivity index (χ1n) is 5.19. The third-order valence-corrected chi connectivity index (χ3v) is 2.41. The summed E-state index contributed by atoms with van der Waals surface area (Å²) in [6, 6.07) is 2.25. The first kappa shape index (κ1) is 11.0.